The lowest BCUT2D eigenvalue weighted by Crippen LogP contribution is -2.13. The van der Waals surface area contributed by atoms with Crippen molar-refractivity contribution >= 4 is 24.0 Å². The summed E-state index contributed by atoms with van der Waals surface area (Å²) in [6.45, 7) is 4.29. The Morgan fingerprint density at radius 2 is 2.14 bits per heavy atom. The molecule has 4 heteroatoms. The molecule has 1 rings (SSSR count). The van der Waals surface area contributed by atoms with Crippen molar-refractivity contribution in [1.29, 1.82) is 0 Å². The third-order valence-electron chi connectivity index (χ3n) is 1.91. The Hall–Kier alpha value is -0.310. The van der Waals surface area contributed by atoms with Gasteiger partial charge in [0.05, 0.1) is 0 Å². The van der Waals surface area contributed by atoms with Gasteiger partial charge in [0, 0.05) is 17.8 Å². The maximum absolute atomic E-state index is 5.97. The first-order valence-electron chi connectivity index (χ1n) is 4.47. The summed E-state index contributed by atoms with van der Waals surface area (Å²) in [7, 11) is 0. The molecule has 1 aromatic heterocycles. The topological polar surface area (TPSA) is 38.9 Å². The minimum absolute atomic E-state index is 0. The molecule has 0 aliphatic carbocycles. The zero-order chi connectivity index (χ0) is 9.84. The average Bonchev–Trinajstić information content (AvgIpc) is 2.03. The van der Waals surface area contributed by atoms with Crippen LogP contribution in [0.1, 0.15) is 31.9 Å². The van der Waals surface area contributed by atoms with Crippen LogP contribution in [0.4, 0.5) is 0 Å². The van der Waals surface area contributed by atoms with Crippen molar-refractivity contribution in [2.24, 2.45) is 11.7 Å². The molecule has 1 atom stereocenters. The second-order valence-electron chi connectivity index (χ2n) is 3.62. The molecule has 0 bridgehead atoms. The Labute approximate surface area is 96.3 Å². The van der Waals surface area contributed by atoms with Crippen molar-refractivity contribution in [2.45, 2.75) is 26.3 Å². The second kappa shape index (κ2) is 6.23. The molecule has 2 N–H and O–H groups in total. The molecule has 14 heavy (non-hydrogen) atoms. The van der Waals surface area contributed by atoms with Crippen LogP contribution in [0.15, 0.2) is 18.3 Å². The fourth-order valence-electron chi connectivity index (χ4n) is 1.31. The highest BCUT2D eigenvalue weighted by atomic mass is 35.5. The van der Waals surface area contributed by atoms with E-state index in [4.69, 9.17) is 17.3 Å². The number of nitrogens with two attached hydrogens (primary N) is 1. The van der Waals surface area contributed by atoms with E-state index in [0.29, 0.717) is 11.1 Å². The van der Waals surface area contributed by atoms with Crippen LogP contribution in [0.25, 0.3) is 0 Å². The van der Waals surface area contributed by atoms with Gasteiger partial charge in [-0.25, -0.2) is 4.98 Å². The molecule has 0 fully saturated rings. The fraction of sp³-hybridized carbons (Fsp3) is 0.500. The summed E-state index contributed by atoms with van der Waals surface area (Å²) >= 11 is 5.91. The first-order chi connectivity index (χ1) is 6.11. The highest BCUT2D eigenvalue weighted by Crippen LogP contribution is 2.23. The quantitative estimate of drug-likeness (QED) is 0.817. The number of nitrogens with zero attached hydrogens (tertiary/aromatic N) is 1. The summed E-state index contributed by atoms with van der Waals surface area (Å²) in [6.07, 6.45) is 2.61. The summed E-state index contributed by atoms with van der Waals surface area (Å²) in [4.78, 5) is 3.99. The first-order valence-corrected chi connectivity index (χ1v) is 4.85. The molecular weight excluding hydrogens is 219 g/mol. The summed E-state index contributed by atoms with van der Waals surface area (Å²) in [6, 6.07) is 3.80. The smallest absolute Gasteiger partial charge is 0.133 e. The molecule has 0 aromatic carbocycles. The summed E-state index contributed by atoms with van der Waals surface area (Å²) in [5, 5.41) is 0.524. The zero-order valence-electron chi connectivity index (χ0n) is 8.40. The van der Waals surface area contributed by atoms with Gasteiger partial charge >= 0.3 is 0 Å². The fourth-order valence-corrected chi connectivity index (χ4v) is 1.57. The van der Waals surface area contributed by atoms with Gasteiger partial charge in [-0.3, -0.25) is 0 Å². The van der Waals surface area contributed by atoms with Crippen LogP contribution in [0, 0.1) is 5.92 Å². The number of halogens is 2. The number of pyridine rings is 1. The third kappa shape index (κ3) is 3.82. The monoisotopic (exact) mass is 234 g/mol. The van der Waals surface area contributed by atoms with Crippen LogP contribution < -0.4 is 5.73 Å². The van der Waals surface area contributed by atoms with Crippen LogP contribution >= 0.6 is 24.0 Å². The largest absolute Gasteiger partial charge is 0.324 e. The Balaban J connectivity index is 0.00000169. The minimum atomic E-state index is 0. The highest BCUT2D eigenvalue weighted by Gasteiger charge is 2.11. The highest BCUT2D eigenvalue weighted by molar-refractivity contribution is 6.30. The maximum Gasteiger partial charge on any atom is 0.133 e. The summed E-state index contributed by atoms with van der Waals surface area (Å²) < 4.78 is 0. The maximum atomic E-state index is 5.97. The number of rotatable bonds is 3. The van der Waals surface area contributed by atoms with Crippen molar-refractivity contribution in [3.8, 4) is 0 Å². The average molecular weight is 235 g/mol. The summed E-state index contributed by atoms with van der Waals surface area (Å²) in [5.41, 5.74) is 6.91. The predicted molar refractivity (Wildman–Crippen MR) is 62.9 cm³/mol. The lowest BCUT2D eigenvalue weighted by Gasteiger charge is -2.14. The van der Waals surface area contributed by atoms with E-state index in [-0.39, 0.29) is 18.4 Å². The van der Waals surface area contributed by atoms with Gasteiger partial charge in [-0.05, 0) is 18.4 Å². The molecule has 0 unspecified atom stereocenters. The van der Waals surface area contributed by atoms with E-state index in [1.165, 1.54) is 0 Å². The molecule has 2 nitrogen and oxygen atoms in total. The van der Waals surface area contributed by atoms with E-state index in [1.807, 2.05) is 12.1 Å². The van der Waals surface area contributed by atoms with E-state index in [1.54, 1.807) is 6.20 Å². The molecule has 0 saturated heterocycles. The van der Waals surface area contributed by atoms with E-state index in [0.717, 1.165) is 12.0 Å². The van der Waals surface area contributed by atoms with Gasteiger partial charge in [-0.2, -0.15) is 0 Å². The molecule has 0 amide bonds. The lowest BCUT2D eigenvalue weighted by atomic mass is 9.99. The van der Waals surface area contributed by atoms with Gasteiger partial charge in [0.25, 0.3) is 0 Å². The third-order valence-corrected chi connectivity index (χ3v) is 2.23. The molecular formula is C10H16Cl2N2. The zero-order valence-corrected chi connectivity index (χ0v) is 9.98. The van der Waals surface area contributed by atoms with Crippen LogP contribution in [-0.2, 0) is 0 Å². The van der Waals surface area contributed by atoms with Gasteiger partial charge in [-0.15, -0.1) is 12.4 Å². The van der Waals surface area contributed by atoms with Gasteiger partial charge in [0.15, 0.2) is 0 Å². The van der Waals surface area contributed by atoms with Gasteiger partial charge in [0.1, 0.15) is 5.15 Å². The molecule has 80 valence electrons. The molecule has 0 radical (unpaired) electrons. The van der Waals surface area contributed by atoms with E-state index in [2.05, 4.69) is 18.8 Å². The van der Waals surface area contributed by atoms with Crippen LogP contribution in [0.2, 0.25) is 5.15 Å². The Morgan fingerprint density at radius 1 is 1.50 bits per heavy atom. The molecule has 0 aliphatic heterocycles. The predicted octanol–water partition coefficient (Wildman–Crippen LogP) is 3.20. The number of hydrogen-bond acceptors (Lipinski definition) is 2. The van der Waals surface area contributed by atoms with Crippen molar-refractivity contribution in [3.63, 3.8) is 0 Å². The van der Waals surface area contributed by atoms with Gasteiger partial charge < -0.3 is 5.73 Å². The normalized spacial score (nSPS) is 12.4. The molecule has 1 aromatic rings. The number of aromatic nitrogens is 1. The van der Waals surface area contributed by atoms with Crippen molar-refractivity contribution in [3.05, 3.63) is 29.0 Å². The Bertz CT molecular complexity index is 277. The van der Waals surface area contributed by atoms with Crippen LogP contribution in [0.3, 0.4) is 0 Å². The van der Waals surface area contributed by atoms with Crippen molar-refractivity contribution < 1.29 is 0 Å². The minimum Gasteiger partial charge on any atom is -0.324 e. The van der Waals surface area contributed by atoms with Crippen LogP contribution in [0.5, 0.6) is 0 Å². The number of hydrogen-bond donors (Lipinski definition) is 1. The standard InChI is InChI=1S/C10H15ClN2.ClH/c1-7(2)6-9(12)8-4-3-5-13-10(8)11;/h3-5,7,9H,6,12H2,1-2H3;1H/t9-;/m1./s1. The molecule has 1 heterocycles. The Kier molecular flexibility index (Phi) is 6.09. The first kappa shape index (κ1) is 13.7. The van der Waals surface area contributed by atoms with E-state index < -0.39 is 0 Å². The van der Waals surface area contributed by atoms with Crippen molar-refractivity contribution in [1.82, 2.24) is 4.98 Å². The lowest BCUT2D eigenvalue weighted by molar-refractivity contribution is 0.509. The summed E-state index contributed by atoms with van der Waals surface area (Å²) in [5.74, 6) is 0.575. The molecule has 0 saturated carbocycles. The van der Waals surface area contributed by atoms with Crippen LogP contribution in [-0.4, -0.2) is 4.98 Å². The Morgan fingerprint density at radius 3 is 2.64 bits per heavy atom. The molecule has 0 aliphatic rings. The van der Waals surface area contributed by atoms with E-state index in [9.17, 15) is 0 Å². The van der Waals surface area contributed by atoms with Crippen molar-refractivity contribution in [2.75, 3.05) is 0 Å². The van der Waals surface area contributed by atoms with Gasteiger partial charge in [0.2, 0.25) is 0 Å². The van der Waals surface area contributed by atoms with E-state index >= 15 is 0 Å². The van der Waals surface area contributed by atoms with Gasteiger partial charge in [-0.1, -0.05) is 31.5 Å². The molecule has 0 spiro atoms. The SMILES string of the molecule is CC(C)C[C@@H](N)c1cccnc1Cl.Cl. The second-order valence-corrected chi connectivity index (χ2v) is 3.98.